The summed E-state index contributed by atoms with van der Waals surface area (Å²) in [5, 5.41) is 3.62. The van der Waals surface area contributed by atoms with Crippen molar-refractivity contribution in [2.75, 3.05) is 6.54 Å². The molecule has 0 aromatic carbocycles. The van der Waals surface area contributed by atoms with Crippen LogP contribution in [0.15, 0.2) is 12.2 Å². The quantitative estimate of drug-likeness (QED) is 0.635. The lowest BCUT2D eigenvalue weighted by atomic mass is 9.86. The molecule has 1 N–H and O–H groups in total. The van der Waals surface area contributed by atoms with E-state index in [1.54, 1.807) is 0 Å². The molecule has 1 heterocycles. The van der Waals surface area contributed by atoms with E-state index in [1.807, 2.05) is 0 Å². The first-order chi connectivity index (χ1) is 5.72. The third kappa shape index (κ3) is 2.10. The largest absolute Gasteiger partial charge is 0.311 e. The summed E-state index contributed by atoms with van der Waals surface area (Å²) < 4.78 is 0. The molecule has 0 aliphatic carbocycles. The third-order valence-electron chi connectivity index (χ3n) is 3.10. The zero-order chi connectivity index (χ0) is 9.03. The predicted molar refractivity (Wildman–Crippen MR) is 54.3 cm³/mol. The monoisotopic (exact) mass is 167 g/mol. The number of hydrogen-bond donors (Lipinski definition) is 1. The Bertz CT molecular complexity index is 154. The van der Waals surface area contributed by atoms with Gasteiger partial charge in [-0.2, -0.15) is 0 Å². The van der Waals surface area contributed by atoms with Crippen LogP contribution >= 0.6 is 0 Å². The van der Waals surface area contributed by atoms with Crippen LogP contribution in [0, 0.1) is 0 Å². The highest BCUT2D eigenvalue weighted by atomic mass is 15.0. The first kappa shape index (κ1) is 9.79. The van der Waals surface area contributed by atoms with Crippen LogP contribution in [0.4, 0.5) is 0 Å². The van der Waals surface area contributed by atoms with Crippen molar-refractivity contribution in [2.45, 2.75) is 51.5 Å². The van der Waals surface area contributed by atoms with Crippen molar-refractivity contribution in [1.82, 2.24) is 5.32 Å². The Morgan fingerprint density at radius 3 is 2.67 bits per heavy atom. The van der Waals surface area contributed by atoms with Crippen LogP contribution in [0.5, 0.6) is 0 Å². The zero-order valence-corrected chi connectivity index (χ0v) is 8.45. The van der Waals surface area contributed by atoms with E-state index in [1.165, 1.54) is 37.8 Å². The lowest BCUT2D eigenvalue weighted by molar-refractivity contribution is 0.356. The van der Waals surface area contributed by atoms with Gasteiger partial charge in [-0.15, -0.1) is 0 Å². The average molecular weight is 167 g/mol. The van der Waals surface area contributed by atoms with Crippen LogP contribution in [0.1, 0.15) is 46.0 Å². The van der Waals surface area contributed by atoms with Gasteiger partial charge in [0.05, 0.1) is 0 Å². The molecular formula is C11H21N. The van der Waals surface area contributed by atoms with Gasteiger partial charge in [0.25, 0.3) is 0 Å². The standard InChI is InChI=1S/C11H21N/c1-4-10(3)9-11(5-2)7-6-8-12-11/h12H,3-9H2,1-2H3. The second-order valence-electron chi connectivity index (χ2n) is 3.94. The van der Waals surface area contributed by atoms with Gasteiger partial charge in [-0.1, -0.05) is 26.0 Å². The molecule has 1 heteroatoms. The second kappa shape index (κ2) is 4.08. The summed E-state index contributed by atoms with van der Waals surface area (Å²) in [6.45, 7) is 9.76. The van der Waals surface area contributed by atoms with Gasteiger partial charge >= 0.3 is 0 Å². The normalized spacial score (nSPS) is 29.2. The van der Waals surface area contributed by atoms with Crippen LogP contribution < -0.4 is 5.32 Å². The van der Waals surface area contributed by atoms with Crippen molar-refractivity contribution in [3.8, 4) is 0 Å². The zero-order valence-electron chi connectivity index (χ0n) is 8.45. The van der Waals surface area contributed by atoms with Crippen molar-refractivity contribution in [1.29, 1.82) is 0 Å². The van der Waals surface area contributed by atoms with E-state index in [-0.39, 0.29) is 0 Å². The van der Waals surface area contributed by atoms with Gasteiger partial charge in [0, 0.05) is 5.54 Å². The summed E-state index contributed by atoms with van der Waals surface area (Å²) >= 11 is 0. The van der Waals surface area contributed by atoms with Crippen LogP contribution in [0.2, 0.25) is 0 Å². The smallest absolute Gasteiger partial charge is 0.0216 e. The first-order valence-corrected chi connectivity index (χ1v) is 5.14. The molecule has 0 amide bonds. The topological polar surface area (TPSA) is 12.0 Å². The third-order valence-corrected chi connectivity index (χ3v) is 3.10. The Hall–Kier alpha value is -0.300. The van der Waals surface area contributed by atoms with Crippen molar-refractivity contribution >= 4 is 0 Å². The van der Waals surface area contributed by atoms with Crippen molar-refractivity contribution in [3.63, 3.8) is 0 Å². The van der Waals surface area contributed by atoms with Crippen LogP contribution in [0.25, 0.3) is 0 Å². The first-order valence-electron chi connectivity index (χ1n) is 5.14. The van der Waals surface area contributed by atoms with Gasteiger partial charge in [0.15, 0.2) is 0 Å². The van der Waals surface area contributed by atoms with E-state index in [2.05, 4.69) is 25.7 Å². The van der Waals surface area contributed by atoms with Gasteiger partial charge in [0.1, 0.15) is 0 Å². The van der Waals surface area contributed by atoms with E-state index in [0.717, 1.165) is 6.42 Å². The van der Waals surface area contributed by atoms with Crippen LogP contribution in [-0.4, -0.2) is 12.1 Å². The van der Waals surface area contributed by atoms with Gasteiger partial charge in [-0.3, -0.25) is 0 Å². The molecule has 0 aromatic heterocycles. The summed E-state index contributed by atoms with van der Waals surface area (Å²) in [4.78, 5) is 0. The van der Waals surface area contributed by atoms with Gasteiger partial charge in [0.2, 0.25) is 0 Å². The maximum Gasteiger partial charge on any atom is 0.0216 e. The Kier molecular flexibility index (Phi) is 3.33. The molecular weight excluding hydrogens is 146 g/mol. The van der Waals surface area contributed by atoms with Crippen molar-refractivity contribution in [2.24, 2.45) is 0 Å². The Morgan fingerprint density at radius 1 is 1.50 bits per heavy atom. The molecule has 1 rings (SSSR count). The van der Waals surface area contributed by atoms with Gasteiger partial charge in [-0.05, 0) is 38.6 Å². The molecule has 0 aromatic rings. The molecule has 12 heavy (non-hydrogen) atoms. The Morgan fingerprint density at radius 2 is 2.25 bits per heavy atom. The Labute approximate surface area is 76.2 Å². The molecule has 0 saturated carbocycles. The van der Waals surface area contributed by atoms with E-state index in [4.69, 9.17) is 0 Å². The minimum atomic E-state index is 0.410. The van der Waals surface area contributed by atoms with Crippen molar-refractivity contribution < 1.29 is 0 Å². The predicted octanol–water partition coefficient (Wildman–Crippen LogP) is 2.87. The fourth-order valence-electron chi connectivity index (χ4n) is 2.05. The summed E-state index contributed by atoms with van der Waals surface area (Å²) in [5.74, 6) is 0. The Balaban J connectivity index is 2.49. The fraction of sp³-hybridized carbons (Fsp3) is 0.818. The second-order valence-corrected chi connectivity index (χ2v) is 3.94. The van der Waals surface area contributed by atoms with E-state index < -0.39 is 0 Å². The molecule has 70 valence electrons. The van der Waals surface area contributed by atoms with Gasteiger partial charge < -0.3 is 5.32 Å². The average Bonchev–Trinajstić information content (AvgIpc) is 2.54. The molecule has 0 bridgehead atoms. The lowest BCUT2D eigenvalue weighted by Crippen LogP contribution is -2.39. The van der Waals surface area contributed by atoms with Crippen molar-refractivity contribution in [3.05, 3.63) is 12.2 Å². The summed E-state index contributed by atoms with van der Waals surface area (Å²) in [7, 11) is 0. The maximum absolute atomic E-state index is 4.09. The molecule has 0 spiro atoms. The van der Waals surface area contributed by atoms with E-state index in [0.29, 0.717) is 5.54 Å². The molecule has 0 radical (unpaired) electrons. The minimum absolute atomic E-state index is 0.410. The van der Waals surface area contributed by atoms with E-state index in [9.17, 15) is 0 Å². The van der Waals surface area contributed by atoms with Crippen LogP contribution in [-0.2, 0) is 0 Å². The number of hydrogen-bond acceptors (Lipinski definition) is 1. The highest BCUT2D eigenvalue weighted by Gasteiger charge is 2.31. The maximum atomic E-state index is 4.09. The minimum Gasteiger partial charge on any atom is -0.311 e. The molecule has 1 aliphatic heterocycles. The molecule has 1 fully saturated rings. The summed E-state index contributed by atoms with van der Waals surface area (Å²) in [6.07, 6.45) is 6.23. The molecule has 1 atom stereocenters. The highest BCUT2D eigenvalue weighted by Crippen LogP contribution is 2.29. The molecule has 1 saturated heterocycles. The fourth-order valence-corrected chi connectivity index (χ4v) is 2.05. The highest BCUT2D eigenvalue weighted by molar-refractivity contribution is 5.05. The van der Waals surface area contributed by atoms with E-state index >= 15 is 0 Å². The summed E-state index contributed by atoms with van der Waals surface area (Å²) in [5.41, 5.74) is 1.80. The molecule has 1 unspecified atom stereocenters. The SMILES string of the molecule is C=C(CC)CC1(CC)CCCN1. The number of rotatable bonds is 4. The lowest BCUT2D eigenvalue weighted by Gasteiger charge is -2.28. The van der Waals surface area contributed by atoms with Gasteiger partial charge in [-0.25, -0.2) is 0 Å². The number of nitrogens with one attached hydrogen (secondary N) is 1. The summed E-state index contributed by atoms with van der Waals surface area (Å²) in [6, 6.07) is 0. The molecule has 1 aliphatic rings. The van der Waals surface area contributed by atoms with Crippen LogP contribution in [0.3, 0.4) is 0 Å². The molecule has 1 nitrogen and oxygen atoms in total.